The van der Waals surface area contributed by atoms with E-state index in [-0.39, 0.29) is 45.7 Å². The SMILES string of the molecule is COc1c(NC(=O)c2ccc(NC(=O)C(C)(C)NC(=O)c3ccc(NC(=O)/C(C)=C/c4ccc(O)cc4)cc3)c(OC)c2O)ccc(C(=O)O)c1O. The monoisotopic (exact) mass is 712 g/mol. The summed E-state index contributed by atoms with van der Waals surface area (Å²) in [7, 11) is 2.36. The zero-order valence-electron chi connectivity index (χ0n) is 28.7. The number of phenols is 3. The smallest absolute Gasteiger partial charge is 0.339 e. The van der Waals surface area contributed by atoms with Gasteiger partial charge in [-0.1, -0.05) is 12.1 Å². The Labute approximate surface area is 297 Å². The van der Waals surface area contributed by atoms with E-state index in [1.165, 1.54) is 82.7 Å². The molecule has 52 heavy (non-hydrogen) atoms. The van der Waals surface area contributed by atoms with Gasteiger partial charge in [0.1, 0.15) is 16.9 Å². The largest absolute Gasteiger partial charge is 0.508 e. The molecule has 4 aromatic carbocycles. The number of aromatic hydroxyl groups is 3. The van der Waals surface area contributed by atoms with Gasteiger partial charge in [-0.3, -0.25) is 19.2 Å². The molecule has 0 radical (unpaired) electrons. The molecule has 4 rings (SSSR count). The van der Waals surface area contributed by atoms with Gasteiger partial charge < -0.3 is 51.2 Å². The number of rotatable bonds is 12. The molecule has 4 aromatic rings. The predicted octanol–water partition coefficient (Wildman–Crippen LogP) is 4.96. The maximum absolute atomic E-state index is 13.3. The summed E-state index contributed by atoms with van der Waals surface area (Å²) in [4.78, 5) is 63.5. The van der Waals surface area contributed by atoms with Gasteiger partial charge in [-0.2, -0.15) is 0 Å². The first-order valence-electron chi connectivity index (χ1n) is 15.4. The highest BCUT2D eigenvalue weighted by Crippen LogP contribution is 2.40. The lowest BCUT2D eigenvalue weighted by atomic mass is 10.0. The van der Waals surface area contributed by atoms with E-state index >= 15 is 0 Å². The number of benzene rings is 4. The third kappa shape index (κ3) is 8.57. The summed E-state index contributed by atoms with van der Waals surface area (Å²) in [6.45, 7) is 4.53. The number of methoxy groups -OCH3 is 2. The number of aromatic carboxylic acids is 1. The van der Waals surface area contributed by atoms with Crippen molar-refractivity contribution in [2.45, 2.75) is 26.3 Å². The fourth-order valence-corrected chi connectivity index (χ4v) is 4.81. The highest BCUT2D eigenvalue weighted by Gasteiger charge is 2.32. The van der Waals surface area contributed by atoms with Crippen molar-refractivity contribution in [2.24, 2.45) is 0 Å². The zero-order chi connectivity index (χ0) is 38.3. The molecule has 0 aliphatic carbocycles. The van der Waals surface area contributed by atoms with Gasteiger partial charge in [-0.05, 0) is 93.1 Å². The summed E-state index contributed by atoms with van der Waals surface area (Å²) in [5.74, 6) is -5.81. The van der Waals surface area contributed by atoms with Crippen LogP contribution in [0.5, 0.6) is 28.7 Å². The Bertz CT molecular complexity index is 2070. The Hall–Kier alpha value is -7.03. The Morgan fingerprint density at radius 1 is 0.673 bits per heavy atom. The van der Waals surface area contributed by atoms with Gasteiger partial charge in [0, 0.05) is 16.8 Å². The predicted molar refractivity (Wildman–Crippen MR) is 191 cm³/mol. The van der Waals surface area contributed by atoms with Crippen LogP contribution in [-0.2, 0) is 9.59 Å². The Morgan fingerprint density at radius 3 is 1.77 bits per heavy atom. The van der Waals surface area contributed by atoms with Gasteiger partial charge in [0.05, 0.1) is 31.2 Å². The molecule has 0 heterocycles. The molecule has 0 aliphatic rings. The van der Waals surface area contributed by atoms with Crippen LogP contribution in [0, 0.1) is 0 Å². The Balaban J connectivity index is 1.42. The molecule has 15 nitrogen and oxygen atoms in total. The number of carboxylic acids is 1. The third-order valence-corrected chi connectivity index (χ3v) is 7.68. The topological polar surface area (TPSA) is 233 Å². The lowest BCUT2D eigenvalue weighted by Crippen LogP contribution is -2.52. The van der Waals surface area contributed by atoms with E-state index in [4.69, 9.17) is 9.47 Å². The van der Waals surface area contributed by atoms with E-state index in [1.807, 2.05) is 0 Å². The average molecular weight is 713 g/mol. The molecule has 0 unspecified atom stereocenters. The van der Waals surface area contributed by atoms with Crippen molar-refractivity contribution < 1.29 is 53.9 Å². The van der Waals surface area contributed by atoms with Crippen molar-refractivity contribution in [2.75, 3.05) is 30.2 Å². The van der Waals surface area contributed by atoms with E-state index in [0.29, 0.717) is 11.3 Å². The lowest BCUT2D eigenvalue weighted by Gasteiger charge is -2.26. The van der Waals surface area contributed by atoms with E-state index < -0.39 is 46.3 Å². The zero-order valence-corrected chi connectivity index (χ0v) is 28.7. The van der Waals surface area contributed by atoms with Crippen LogP contribution in [0.1, 0.15) is 57.4 Å². The van der Waals surface area contributed by atoms with Gasteiger partial charge in [-0.25, -0.2) is 4.79 Å². The standard InChI is InChI=1S/C37H36N4O11/c1-19(18-20-6-12-23(42)13-7-20)32(45)38-22-10-8-21(9-11-22)33(46)41-37(2,3)36(50)40-27-16-14-24(28(43)31(27)52-5)34(47)39-26-17-15-25(35(48)49)29(44)30(26)51-4/h6-18,42-44H,1-5H3,(H,38,45)(H,39,47)(H,40,50)(H,41,46)(H,48,49)/b19-18+. The van der Waals surface area contributed by atoms with Crippen LogP contribution in [0.15, 0.2) is 78.4 Å². The normalized spacial score (nSPS) is 11.2. The second-order valence-electron chi connectivity index (χ2n) is 11.8. The molecule has 0 aromatic heterocycles. The van der Waals surface area contributed by atoms with Crippen LogP contribution in [0.2, 0.25) is 0 Å². The van der Waals surface area contributed by atoms with Gasteiger partial charge in [-0.15, -0.1) is 0 Å². The first-order chi connectivity index (χ1) is 24.6. The van der Waals surface area contributed by atoms with Crippen LogP contribution < -0.4 is 30.7 Å². The maximum atomic E-state index is 13.3. The molecule has 8 N–H and O–H groups in total. The number of nitrogens with one attached hydrogen (secondary N) is 4. The molecule has 4 amide bonds. The number of hydrogen-bond donors (Lipinski definition) is 8. The molecule has 0 saturated heterocycles. The van der Waals surface area contributed by atoms with Crippen molar-refractivity contribution in [1.82, 2.24) is 5.32 Å². The van der Waals surface area contributed by atoms with Gasteiger partial charge >= 0.3 is 5.97 Å². The summed E-state index contributed by atoms with van der Waals surface area (Å²) in [6.07, 6.45) is 1.66. The Kier molecular flexibility index (Phi) is 11.4. The van der Waals surface area contributed by atoms with Crippen molar-refractivity contribution >= 4 is 52.7 Å². The molecular formula is C37H36N4O11. The molecule has 270 valence electrons. The van der Waals surface area contributed by atoms with Gasteiger partial charge in [0.15, 0.2) is 23.0 Å². The van der Waals surface area contributed by atoms with Crippen molar-refractivity contribution in [1.29, 1.82) is 0 Å². The second-order valence-corrected chi connectivity index (χ2v) is 11.8. The molecule has 0 spiro atoms. The minimum absolute atomic E-state index is 0.0280. The highest BCUT2D eigenvalue weighted by molar-refractivity contribution is 6.10. The number of hydrogen-bond acceptors (Lipinski definition) is 10. The fraction of sp³-hybridized carbons (Fsp3) is 0.162. The number of phenolic OH excluding ortho intramolecular Hbond substituents is 2. The van der Waals surface area contributed by atoms with E-state index in [2.05, 4.69) is 21.3 Å². The number of amides is 4. The number of carboxylic acid groups (broad SMARTS) is 1. The molecule has 0 bridgehead atoms. The minimum Gasteiger partial charge on any atom is -0.508 e. The number of ether oxygens (including phenoxy) is 2. The maximum Gasteiger partial charge on any atom is 0.339 e. The number of anilines is 3. The summed E-state index contributed by atoms with van der Waals surface area (Å²) in [5, 5.41) is 50.2. The summed E-state index contributed by atoms with van der Waals surface area (Å²) < 4.78 is 10.3. The molecule has 0 fully saturated rings. The minimum atomic E-state index is -1.50. The van der Waals surface area contributed by atoms with Gasteiger partial charge in [0.25, 0.3) is 17.7 Å². The fourth-order valence-electron chi connectivity index (χ4n) is 4.81. The van der Waals surface area contributed by atoms with Crippen LogP contribution in [0.3, 0.4) is 0 Å². The molecule has 15 heteroatoms. The molecule has 0 aliphatic heterocycles. The van der Waals surface area contributed by atoms with Crippen molar-refractivity contribution in [3.05, 3.63) is 101 Å². The number of carbonyl (C=O) groups excluding carboxylic acids is 4. The second kappa shape index (κ2) is 15.7. The quantitative estimate of drug-likeness (QED) is 0.0915. The third-order valence-electron chi connectivity index (χ3n) is 7.68. The van der Waals surface area contributed by atoms with E-state index in [0.717, 1.165) is 11.6 Å². The molecule has 0 saturated carbocycles. The van der Waals surface area contributed by atoms with Crippen molar-refractivity contribution in [3.63, 3.8) is 0 Å². The first kappa shape index (κ1) is 37.8. The first-order valence-corrected chi connectivity index (χ1v) is 15.4. The van der Waals surface area contributed by atoms with Crippen LogP contribution >= 0.6 is 0 Å². The van der Waals surface area contributed by atoms with E-state index in [1.54, 1.807) is 25.1 Å². The lowest BCUT2D eigenvalue weighted by molar-refractivity contribution is -0.121. The average Bonchev–Trinajstić information content (AvgIpc) is 3.09. The molecule has 0 atom stereocenters. The Morgan fingerprint density at radius 2 is 1.21 bits per heavy atom. The van der Waals surface area contributed by atoms with Gasteiger partial charge in [0.2, 0.25) is 5.91 Å². The van der Waals surface area contributed by atoms with Crippen LogP contribution in [0.25, 0.3) is 6.08 Å². The van der Waals surface area contributed by atoms with Crippen molar-refractivity contribution in [3.8, 4) is 28.7 Å². The summed E-state index contributed by atoms with van der Waals surface area (Å²) in [6, 6.07) is 17.1. The van der Waals surface area contributed by atoms with E-state index in [9.17, 15) is 44.4 Å². The highest BCUT2D eigenvalue weighted by atomic mass is 16.5. The number of carbonyl (C=O) groups is 5. The molecular weight excluding hydrogens is 676 g/mol. The van der Waals surface area contributed by atoms with Crippen LogP contribution in [-0.4, -0.2) is 69.8 Å². The van der Waals surface area contributed by atoms with Crippen LogP contribution in [0.4, 0.5) is 17.1 Å². The summed E-state index contributed by atoms with van der Waals surface area (Å²) >= 11 is 0. The summed E-state index contributed by atoms with van der Waals surface area (Å²) in [5.41, 5.74) is -0.604.